The number of carbonyl (C=O) groups excluding carboxylic acids is 1. The van der Waals surface area contributed by atoms with E-state index >= 15 is 0 Å². The average molecular weight is 372 g/mol. The molecule has 0 amide bonds. The maximum absolute atomic E-state index is 13.4. The lowest BCUT2D eigenvalue weighted by molar-refractivity contribution is -0.149. The van der Waals surface area contributed by atoms with Gasteiger partial charge in [0.1, 0.15) is 16.4 Å². The number of rotatable bonds is 5. The van der Waals surface area contributed by atoms with Crippen LogP contribution in [0.3, 0.4) is 0 Å². The van der Waals surface area contributed by atoms with Crippen LogP contribution in [0.2, 0.25) is 10.2 Å². The van der Waals surface area contributed by atoms with Gasteiger partial charge in [-0.1, -0.05) is 23.2 Å². The SMILES string of the molecule is COCC(C)(C(=O)OC)c1cc(Cl)nc(-c2ccc(F)c(Cl)c2)c1. The Labute approximate surface area is 149 Å². The van der Waals surface area contributed by atoms with Gasteiger partial charge in [0.05, 0.1) is 24.4 Å². The van der Waals surface area contributed by atoms with E-state index in [1.807, 2.05) is 0 Å². The molecule has 0 aliphatic carbocycles. The number of halogens is 3. The third-order valence-corrected chi connectivity index (χ3v) is 4.20. The van der Waals surface area contributed by atoms with Crippen LogP contribution in [0.15, 0.2) is 30.3 Å². The number of pyridine rings is 1. The van der Waals surface area contributed by atoms with Crippen molar-refractivity contribution in [3.63, 3.8) is 0 Å². The van der Waals surface area contributed by atoms with Gasteiger partial charge in [-0.15, -0.1) is 0 Å². The van der Waals surface area contributed by atoms with Gasteiger partial charge in [0.25, 0.3) is 0 Å². The molecule has 4 nitrogen and oxygen atoms in total. The summed E-state index contributed by atoms with van der Waals surface area (Å²) in [6, 6.07) is 7.49. The molecule has 1 aromatic carbocycles. The molecule has 0 saturated heterocycles. The van der Waals surface area contributed by atoms with Gasteiger partial charge in [-0.3, -0.25) is 4.79 Å². The molecular weight excluding hydrogens is 356 g/mol. The summed E-state index contributed by atoms with van der Waals surface area (Å²) < 4.78 is 23.4. The molecular formula is C17H16Cl2FNO3. The standard InChI is InChI=1S/C17H16Cl2FNO3/c1-17(9-23-2,16(22)24-3)11-7-14(21-15(19)8-11)10-4-5-13(20)12(18)6-10/h4-8H,9H2,1-3H3. The van der Waals surface area contributed by atoms with Crippen molar-refractivity contribution >= 4 is 29.2 Å². The smallest absolute Gasteiger partial charge is 0.318 e. The number of hydrogen-bond donors (Lipinski definition) is 0. The summed E-state index contributed by atoms with van der Waals surface area (Å²) in [6.45, 7) is 1.79. The van der Waals surface area contributed by atoms with E-state index in [4.69, 9.17) is 32.7 Å². The zero-order valence-electron chi connectivity index (χ0n) is 13.4. The molecule has 128 valence electrons. The monoisotopic (exact) mass is 371 g/mol. The van der Waals surface area contributed by atoms with Gasteiger partial charge in [-0.25, -0.2) is 9.37 Å². The summed E-state index contributed by atoms with van der Waals surface area (Å²) in [7, 11) is 2.80. The quantitative estimate of drug-likeness (QED) is 0.581. The van der Waals surface area contributed by atoms with Crippen molar-refractivity contribution in [3.05, 3.63) is 51.9 Å². The molecule has 7 heteroatoms. The highest BCUT2D eigenvalue weighted by molar-refractivity contribution is 6.31. The highest BCUT2D eigenvalue weighted by Crippen LogP contribution is 2.32. The van der Waals surface area contributed by atoms with Crippen LogP contribution >= 0.6 is 23.2 Å². The van der Waals surface area contributed by atoms with E-state index in [-0.39, 0.29) is 16.8 Å². The first-order chi connectivity index (χ1) is 11.3. The molecule has 2 rings (SSSR count). The van der Waals surface area contributed by atoms with Crippen LogP contribution < -0.4 is 0 Å². The fraction of sp³-hybridized carbons (Fsp3) is 0.294. The van der Waals surface area contributed by atoms with E-state index in [0.29, 0.717) is 16.8 Å². The fourth-order valence-corrected chi connectivity index (χ4v) is 2.78. The number of carbonyl (C=O) groups is 1. The van der Waals surface area contributed by atoms with Crippen LogP contribution in [0, 0.1) is 5.82 Å². The summed E-state index contributed by atoms with van der Waals surface area (Å²) in [6.07, 6.45) is 0. The van der Waals surface area contributed by atoms with E-state index in [2.05, 4.69) is 4.98 Å². The molecule has 1 unspecified atom stereocenters. The molecule has 0 N–H and O–H groups in total. The van der Waals surface area contributed by atoms with Gasteiger partial charge in [-0.2, -0.15) is 0 Å². The van der Waals surface area contributed by atoms with Crippen molar-refractivity contribution in [1.82, 2.24) is 4.98 Å². The predicted octanol–water partition coefficient (Wildman–Crippen LogP) is 4.27. The number of nitrogens with zero attached hydrogens (tertiary/aromatic N) is 1. The third-order valence-electron chi connectivity index (χ3n) is 3.72. The van der Waals surface area contributed by atoms with Crippen molar-refractivity contribution in [2.45, 2.75) is 12.3 Å². The Morgan fingerprint density at radius 1 is 1.25 bits per heavy atom. The minimum absolute atomic E-state index is 0.0246. The Bertz CT molecular complexity index is 769. The normalized spacial score (nSPS) is 13.4. The molecule has 1 aromatic heterocycles. The Morgan fingerprint density at radius 2 is 1.96 bits per heavy atom. The van der Waals surface area contributed by atoms with E-state index in [1.165, 1.54) is 32.4 Å². The summed E-state index contributed by atoms with van der Waals surface area (Å²) in [5.74, 6) is -0.990. The van der Waals surface area contributed by atoms with Crippen molar-refractivity contribution in [2.75, 3.05) is 20.8 Å². The van der Waals surface area contributed by atoms with Gasteiger partial charge < -0.3 is 9.47 Å². The lowest BCUT2D eigenvalue weighted by atomic mass is 9.83. The summed E-state index contributed by atoms with van der Waals surface area (Å²) in [4.78, 5) is 16.5. The van der Waals surface area contributed by atoms with Gasteiger partial charge in [0.15, 0.2) is 0 Å². The second-order valence-electron chi connectivity index (χ2n) is 5.45. The van der Waals surface area contributed by atoms with Crippen molar-refractivity contribution in [1.29, 1.82) is 0 Å². The minimum atomic E-state index is -1.06. The summed E-state index contributed by atoms with van der Waals surface area (Å²) in [5.41, 5.74) is 0.557. The van der Waals surface area contributed by atoms with E-state index in [0.717, 1.165) is 0 Å². The van der Waals surface area contributed by atoms with E-state index in [1.54, 1.807) is 19.1 Å². The summed E-state index contributed by atoms with van der Waals surface area (Å²) >= 11 is 11.9. The molecule has 0 saturated carbocycles. The van der Waals surface area contributed by atoms with Crippen LogP contribution in [-0.2, 0) is 19.7 Å². The number of aromatic nitrogens is 1. The number of esters is 1. The minimum Gasteiger partial charge on any atom is -0.468 e. The highest BCUT2D eigenvalue weighted by Gasteiger charge is 2.37. The topological polar surface area (TPSA) is 48.4 Å². The van der Waals surface area contributed by atoms with Gasteiger partial charge in [0, 0.05) is 12.7 Å². The zero-order valence-corrected chi connectivity index (χ0v) is 14.9. The predicted molar refractivity (Wildman–Crippen MR) is 90.9 cm³/mol. The first-order valence-corrected chi connectivity index (χ1v) is 7.78. The number of hydrogen-bond acceptors (Lipinski definition) is 4. The fourth-order valence-electron chi connectivity index (χ4n) is 2.39. The second-order valence-corrected chi connectivity index (χ2v) is 6.24. The van der Waals surface area contributed by atoms with Crippen molar-refractivity contribution < 1.29 is 18.7 Å². The Kier molecular flexibility index (Phi) is 5.80. The van der Waals surface area contributed by atoms with Crippen LogP contribution in [-0.4, -0.2) is 31.8 Å². The van der Waals surface area contributed by atoms with Gasteiger partial charge in [-0.05, 0) is 42.8 Å². The summed E-state index contributed by atoms with van der Waals surface area (Å²) in [5, 5.41) is 0.164. The lowest BCUT2D eigenvalue weighted by Gasteiger charge is -2.26. The molecule has 2 aromatic rings. The van der Waals surface area contributed by atoms with Crippen LogP contribution in [0.25, 0.3) is 11.3 Å². The average Bonchev–Trinajstić information content (AvgIpc) is 2.56. The van der Waals surface area contributed by atoms with Crippen molar-refractivity contribution in [3.8, 4) is 11.3 Å². The molecule has 0 aliphatic heterocycles. The third kappa shape index (κ3) is 3.69. The molecule has 1 atom stereocenters. The Hall–Kier alpha value is -1.69. The van der Waals surface area contributed by atoms with Crippen molar-refractivity contribution in [2.24, 2.45) is 0 Å². The molecule has 24 heavy (non-hydrogen) atoms. The van der Waals surface area contributed by atoms with Gasteiger partial charge in [0.2, 0.25) is 0 Å². The Balaban J connectivity index is 2.58. The lowest BCUT2D eigenvalue weighted by Crippen LogP contribution is -2.38. The Morgan fingerprint density at radius 3 is 2.54 bits per heavy atom. The molecule has 0 aliphatic rings. The van der Waals surface area contributed by atoms with Crippen LogP contribution in [0.1, 0.15) is 12.5 Å². The molecule has 0 bridgehead atoms. The largest absolute Gasteiger partial charge is 0.468 e. The first-order valence-electron chi connectivity index (χ1n) is 7.02. The maximum atomic E-state index is 13.4. The maximum Gasteiger partial charge on any atom is 0.318 e. The second kappa shape index (κ2) is 7.47. The number of benzene rings is 1. The van der Waals surface area contributed by atoms with E-state index < -0.39 is 17.2 Å². The van der Waals surface area contributed by atoms with Crippen LogP contribution in [0.4, 0.5) is 4.39 Å². The molecule has 0 radical (unpaired) electrons. The van der Waals surface area contributed by atoms with E-state index in [9.17, 15) is 9.18 Å². The zero-order chi connectivity index (χ0) is 17.9. The molecule has 1 heterocycles. The van der Waals surface area contributed by atoms with Crippen LogP contribution in [0.5, 0.6) is 0 Å². The van der Waals surface area contributed by atoms with Gasteiger partial charge >= 0.3 is 5.97 Å². The highest BCUT2D eigenvalue weighted by atomic mass is 35.5. The number of ether oxygens (including phenoxy) is 2. The molecule has 0 spiro atoms. The number of methoxy groups -OCH3 is 2. The molecule has 0 fully saturated rings. The first kappa shape index (κ1) is 18.6.